The van der Waals surface area contributed by atoms with Crippen LogP contribution in [-0.4, -0.2) is 15.3 Å². The Kier molecular flexibility index (Phi) is 3.01. The molecule has 86 valence electrons. The van der Waals surface area contributed by atoms with Crippen molar-refractivity contribution >= 4 is 12.2 Å². The predicted molar refractivity (Wildman–Crippen MR) is 66.8 cm³/mol. The Labute approximate surface area is 98.9 Å². The summed E-state index contributed by atoms with van der Waals surface area (Å²) < 4.78 is 0. The Morgan fingerprint density at radius 3 is 1.71 bits per heavy atom. The Hall–Kier alpha value is -2.42. The molecule has 0 fully saturated rings. The minimum absolute atomic E-state index is 0.0235. The molecule has 0 heterocycles. The molecule has 0 unspecified atom stereocenters. The van der Waals surface area contributed by atoms with Crippen molar-refractivity contribution in [2.24, 2.45) is 0 Å². The minimum atomic E-state index is 0.0235. The third-order valence-electron chi connectivity index (χ3n) is 2.29. The van der Waals surface area contributed by atoms with Crippen molar-refractivity contribution in [2.45, 2.75) is 0 Å². The Bertz CT molecular complexity index is 522. The van der Waals surface area contributed by atoms with Crippen LogP contribution in [-0.2, 0) is 0 Å². The van der Waals surface area contributed by atoms with Crippen LogP contribution in [0.25, 0.3) is 12.2 Å². The van der Waals surface area contributed by atoms with Crippen LogP contribution in [0.3, 0.4) is 0 Å². The molecular formula is C14H12O3. The molecule has 0 saturated heterocycles. The summed E-state index contributed by atoms with van der Waals surface area (Å²) in [7, 11) is 0. The van der Waals surface area contributed by atoms with Gasteiger partial charge in [-0.3, -0.25) is 0 Å². The largest absolute Gasteiger partial charge is 0.508 e. The molecule has 3 heteroatoms. The number of hydrogen-bond acceptors (Lipinski definition) is 3. The van der Waals surface area contributed by atoms with E-state index in [-0.39, 0.29) is 17.2 Å². The van der Waals surface area contributed by atoms with E-state index in [9.17, 15) is 10.2 Å². The first-order valence-electron chi connectivity index (χ1n) is 5.13. The van der Waals surface area contributed by atoms with Gasteiger partial charge in [-0.15, -0.1) is 0 Å². The highest BCUT2D eigenvalue weighted by Crippen LogP contribution is 2.22. The lowest BCUT2D eigenvalue weighted by Gasteiger charge is -1.98. The van der Waals surface area contributed by atoms with Crippen molar-refractivity contribution in [3.63, 3.8) is 0 Å². The molecule has 0 bridgehead atoms. The molecule has 0 spiro atoms. The molecular weight excluding hydrogens is 222 g/mol. The van der Waals surface area contributed by atoms with Crippen molar-refractivity contribution in [1.82, 2.24) is 0 Å². The predicted octanol–water partition coefficient (Wildman–Crippen LogP) is 2.97. The van der Waals surface area contributed by atoms with Gasteiger partial charge in [-0.2, -0.15) is 0 Å². The van der Waals surface area contributed by atoms with Crippen molar-refractivity contribution in [3.8, 4) is 17.2 Å². The van der Waals surface area contributed by atoms with Gasteiger partial charge < -0.3 is 15.3 Å². The average molecular weight is 234 g/mol. The van der Waals surface area contributed by atoms with E-state index in [1.807, 2.05) is 6.08 Å². The van der Waals surface area contributed by atoms with Crippen molar-refractivity contribution in [3.05, 3.63) is 53.6 Å². The van der Waals surface area contributed by atoms with E-state index in [0.717, 1.165) is 5.56 Å². The standard InChI is InChI=1S/C14H12O3/c15-12-5-3-10(4-6-12)1-2-11-7-13(16)9-14(17)8-11/h1-9,15-17H/b2-1+/i3+1,4+1,5+1,6+1,10+1,12+1. The fraction of sp³-hybridized carbons (Fsp3) is 0. The van der Waals surface area contributed by atoms with Crippen LogP contribution in [0.5, 0.6) is 17.2 Å². The summed E-state index contributed by atoms with van der Waals surface area (Å²) >= 11 is 0. The Morgan fingerprint density at radius 1 is 0.588 bits per heavy atom. The highest BCUT2D eigenvalue weighted by molar-refractivity contribution is 5.71. The summed E-state index contributed by atoms with van der Waals surface area (Å²) in [6.45, 7) is 0. The first-order valence-corrected chi connectivity index (χ1v) is 5.13. The number of aromatic hydroxyl groups is 3. The molecule has 0 amide bonds. The average Bonchev–Trinajstić information content (AvgIpc) is 2.27. The maximum absolute atomic E-state index is 9.30. The van der Waals surface area contributed by atoms with E-state index >= 15 is 0 Å². The van der Waals surface area contributed by atoms with E-state index in [0.29, 0.717) is 5.56 Å². The van der Waals surface area contributed by atoms with Crippen LogP contribution < -0.4 is 0 Å². The van der Waals surface area contributed by atoms with Gasteiger partial charge in [0.15, 0.2) is 0 Å². The van der Waals surface area contributed by atoms with Crippen LogP contribution in [0.1, 0.15) is 11.1 Å². The van der Waals surface area contributed by atoms with Crippen molar-refractivity contribution in [2.75, 3.05) is 0 Å². The first-order chi connectivity index (χ1) is 8.13. The van der Waals surface area contributed by atoms with Gasteiger partial charge in [-0.05, 0) is 35.4 Å². The topological polar surface area (TPSA) is 60.7 Å². The molecule has 3 N–H and O–H groups in total. The lowest BCUT2D eigenvalue weighted by Crippen LogP contribution is -1.74. The number of hydrogen-bond donors (Lipinski definition) is 3. The zero-order valence-corrected chi connectivity index (χ0v) is 9.04. The van der Waals surface area contributed by atoms with Crippen LogP contribution in [0.4, 0.5) is 0 Å². The van der Waals surface area contributed by atoms with Gasteiger partial charge in [-0.25, -0.2) is 0 Å². The van der Waals surface area contributed by atoms with Crippen LogP contribution in [0.2, 0.25) is 0 Å². The number of benzene rings is 2. The molecule has 3 nitrogen and oxygen atoms in total. The van der Waals surface area contributed by atoms with Crippen LogP contribution in [0.15, 0.2) is 42.5 Å². The van der Waals surface area contributed by atoms with E-state index in [4.69, 9.17) is 5.11 Å². The van der Waals surface area contributed by atoms with Crippen molar-refractivity contribution < 1.29 is 15.3 Å². The van der Waals surface area contributed by atoms with Crippen LogP contribution in [0, 0.1) is 0 Å². The summed E-state index contributed by atoms with van der Waals surface area (Å²) in [5, 5.41) is 27.7. The molecule has 0 saturated carbocycles. The molecule has 17 heavy (non-hydrogen) atoms. The second-order valence-corrected chi connectivity index (χ2v) is 3.71. The molecule has 0 aliphatic carbocycles. The summed E-state index contributed by atoms with van der Waals surface area (Å²) in [5.41, 5.74) is 1.63. The molecule has 0 radical (unpaired) electrons. The van der Waals surface area contributed by atoms with Gasteiger partial charge in [0.1, 0.15) is 17.2 Å². The van der Waals surface area contributed by atoms with E-state index in [1.165, 1.54) is 6.07 Å². The maximum Gasteiger partial charge on any atom is 0.119 e. The van der Waals surface area contributed by atoms with Gasteiger partial charge >= 0.3 is 0 Å². The second-order valence-electron chi connectivity index (χ2n) is 3.71. The molecule has 0 aromatic heterocycles. The molecule has 2 aromatic rings. The fourth-order valence-corrected chi connectivity index (χ4v) is 1.49. The molecule has 0 aliphatic heterocycles. The summed E-state index contributed by atoms with van der Waals surface area (Å²) in [6, 6.07) is 11.1. The van der Waals surface area contributed by atoms with E-state index < -0.39 is 0 Å². The summed E-state index contributed by atoms with van der Waals surface area (Å²) in [4.78, 5) is 0. The first kappa shape index (κ1) is 11.1. The Morgan fingerprint density at radius 2 is 1.12 bits per heavy atom. The third kappa shape index (κ3) is 3.01. The van der Waals surface area contributed by atoms with Gasteiger partial charge in [0.25, 0.3) is 0 Å². The van der Waals surface area contributed by atoms with Gasteiger partial charge in [-0.1, -0.05) is 24.3 Å². The third-order valence-corrected chi connectivity index (χ3v) is 2.29. The van der Waals surface area contributed by atoms with Crippen molar-refractivity contribution in [1.29, 1.82) is 0 Å². The molecule has 2 aromatic carbocycles. The number of rotatable bonds is 2. The molecule has 0 aliphatic rings. The zero-order valence-electron chi connectivity index (χ0n) is 9.04. The zero-order chi connectivity index (χ0) is 12.3. The normalized spacial score (nSPS) is 10.8. The highest BCUT2D eigenvalue weighted by Gasteiger charge is 1.95. The monoisotopic (exact) mass is 234 g/mol. The molecule has 2 rings (SSSR count). The van der Waals surface area contributed by atoms with Gasteiger partial charge in [0.2, 0.25) is 0 Å². The maximum atomic E-state index is 9.30. The second kappa shape index (κ2) is 4.61. The van der Waals surface area contributed by atoms with Gasteiger partial charge in [0.05, 0.1) is 0 Å². The molecule has 0 atom stereocenters. The van der Waals surface area contributed by atoms with Crippen LogP contribution >= 0.6 is 0 Å². The smallest absolute Gasteiger partial charge is 0.119 e. The minimum Gasteiger partial charge on any atom is -0.508 e. The lowest BCUT2D eigenvalue weighted by atomic mass is 10.2. The van der Waals surface area contributed by atoms with E-state index in [1.54, 1.807) is 42.5 Å². The summed E-state index contributed by atoms with van der Waals surface area (Å²) in [6.07, 6.45) is 3.60. The summed E-state index contributed by atoms with van der Waals surface area (Å²) in [5.74, 6) is 0.267. The number of phenolic OH excluding ortho intramolecular Hbond substituents is 3. The van der Waals surface area contributed by atoms with Gasteiger partial charge in [0, 0.05) is 6.07 Å². The number of phenols is 3. The lowest BCUT2D eigenvalue weighted by molar-refractivity contribution is 0.450. The highest BCUT2D eigenvalue weighted by atomic mass is 16.3. The Balaban J connectivity index is 2.22. The quantitative estimate of drug-likeness (QED) is 0.700. The van der Waals surface area contributed by atoms with E-state index in [2.05, 4.69) is 0 Å². The SMILES string of the molecule is Oc1cc(O)cc(/C=C/[13c]2[13cH][13cH][13c](O)[13cH][13cH]2)c1. The fourth-order valence-electron chi connectivity index (χ4n) is 1.49.